The number of carbonyl (C=O) groups is 2. The van der Waals surface area contributed by atoms with Crippen LogP contribution in [0.3, 0.4) is 0 Å². The van der Waals surface area contributed by atoms with Gasteiger partial charge in [0.2, 0.25) is 0 Å². The molecule has 5 fully saturated rings. The molecule has 0 bridgehead atoms. The second-order valence-corrected chi connectivity index (χ2v) is 13.6. The first-order chi connectivity index (χ1) is 22.8. The van der Waals surface area contributed by atoms with Crippen LogP contribution in [0.25, 0.3) is 0 Å². The van der Waals surface area contributed by atoms with E-state index in [0.29, 0.717) is 32.1 Å². The first-order valence-corrected chi connectivity index (χ1v) is 16.5. The van der Waals surface area contributed by atoms with Crippen LogP contribution in [0.4, 0.5) is 0 Å². The summed E-state index contributed by atoms with van der Waals surface area (Å²) in [6.45, 7) is -1.24. The molecule has 3 aliphatic heterocycles. The van der Waals surface area contributed by atoms with E-state index in [1.54, 1.807) is 0 Å². The van der Waals surface area contributed by atoms with E-state index in [1.807, 2.05) is 0 Å². The zero-order valence-electron chi connectivity index (χ0n) is 26.2. The summed E-state index contributed by atoms with van der Waals surface area (Å²) in [6.07, 6.45) is -17.2. The third-order valence-corrected chi connectivity index (χ3v) is 10.3. The van der Waals surface area contributed by atoms with Gasteiger partial charge < -0.3 is 79.5 Å². The molecule has 11 N–H and O–H groups in total. The molecule has 0 radical (unpaired) electrons. The lowest BCUT2D eigenvalue weighted by molar-refractivity contribution is -0.361. The summed E-state index contributed by atoms with van der Waals surface area (Å²) >= 11 is 0. The maximum atomic E-state index is 11.8. The van der Waals surface area contributed by atoms with Crippen molar-refractivity contribution in [1.29, 1.82) is 0 Å². The first kappa shape index (κ1) is 37.6. The predicted octanol–water partition coefficient (Wildman–Crippen LogP) is -4.63. The van der Waals surface area contributed by atoms with E-state index < -0.39 is 136 Å². The molecule has 5 aliphatic rings. The molecule has 3 saturated heterocycles. The van der Waals surface area contributed by atoms with Crippen molar-refractivity contribution < 1.29 is 89.1 Å². The average molecular weight is 698 g/mol. The molecule has 6 unspecified atom stereocenters. The number of carboxylic acid groups (broad SMARTS) is 1. The zero-order valence-corrected chi connectivity index (χ0v) is 26.2. The fourth-order valence-electron chi connectivity index (χ4n) is 7.62. The third kappa shape index (κ3) is 8.46. The van der Waals surface area contributed by atoms with Crippen LogP contribution < -0.4 is 0 Å². The van der Waals surface area contributed by atoms with Crippen LogP contribution >= 0.6 is 0 Å². The van der Waals surface area contributed by atoms with Crippen molar-refractivity contribution in [2.45, 2.75) is 149 Å². The highest BCUT2D eigenvalue weighted by Crippen LogP contribution is 2.43. The van der Waals surface area contributed by atoms with Crippen LogP contribution in [-0.4, -0.2) is 179 Å². The number of hydrogen-bond acceptors (Lipinski definition) is 16. The number of aliphatic hydroxyl groups excluding tert-OH is 9. The average Bonchev–Trinajstić information content (AvgIpc) is 3.04. The standard InChI is InChI=1S/C30H48O18/c31-9-18-22(37)24(39)26(41)29(47-18)44-13-5-15(33)14-7-17(28(45-16(14)6-13)11-1-3-12(32)4-2-11)46-30-27(42)25(40)23(38)19(48-30)10-43-21(36)8-20(34)35/h11-19,22-33,37-42H,1-10H2,(H,34,35)/p+1/t11?,12?,13?,14?,15?,16?,17?,18-,19-,22-,23-,24+,25+,26-,27-,28?,29-,30-/m1/s1. The van der Waals surface area contributed by atoms with Gasteiger partial charge in [0.1, 0.15) is 68.0 Å². The molecule has 0 aromatic heterocycles. The Balaban J connectivity index is 1.28. The highest BCUT2D eigenvalue weighted by atomic mass is 16.7. The molecule has 48 heavy (non-hydrogen) atoms. The fraction of sp³-hybridized carbons (Fsp3) is 0.933. The van der Waals surface area contributed by atoms with Crippen molar-refractivity contribution >= 4 is 11.9 Å². The maximum absolute atomic E-state index is 11.8. The van der Waals surface area contributed by atoms with Crippen LogP contribution in [-0.2, 0) is 33.3 Å². The van der Waals surface area contributed by atoms with Crippen LogP contribution in [0.2, 0.25) is 0 Å². The SMILES string of the molecule is O=C(O)CC(=O)OC[C@H]1O[C@@H](OC2CC3C(O)CC(O[C@@H]4O[C@H](CO)[C@@H](O)[C@H](O)[C@H]4O)CC3[OH+]C2C2CCC(O)CC2)[C@H](O)[C@@H](O)[C@@H]1O. The summed E-state index contributed by atoms with van der Waals surface area (Å²) in [4.78, 5) is 22.6. The smallest absolute Gasteiger partial charge is 0.317 e. The minimum Gasteiger partial charge on any atom is -0.481 e. The molecule has 16 atom stereocenters. The maximum Gasteiger partial charge on any atom is 0.317 e. The second-order valence-electron chi connectivity index (χ2n) is 13.6. The number of ether oxygens (including phenoxy) is 6. The lowest BCUT2D eigenvalue weighted by atomic mass is 9.73. The Bertz CT molecular complexity index is 1070. The van der Waals surface area contributed by atoms with Crippen molar-refractivity contribution in [3.8, 4) is 0 Å². The van der Waals surface area contributed by atoms with Crippen molar-refractivity contribution in [3.63, 3.8) is 0 Å². The van der Waals surface area contributed by atoms with Gasteiger partial charge in [0.15, 0.2) is 24.8 Å². The molecule has 3 heterocycles. The molecule has 0 aromatic carbocycles. The molecule has 5 rings (SSSR count). The third-order valence-electron chi connectivity index (χ3n) is 10.3. The fourth-order valence-corrected chi connectivity index (χ4v) is 7.62. The summed E-state index contributed by atoms with van der Waals surface area (Å²) in [5.74, 6) is -3.02. The molecular weight excluding hydrogens is 648 g/mol. The highest BCUT2D eigenvalue weighted by molar-refractivity contribution is 5.90. The predicted molar refractivity (Wildman–Crippen MR) is 155 cm³/mol. The van der Waals surface area contributed by atoms with E-state index in [2.05, 4.69) is 0 Å². The normalized spacial score (nSPS) is 48.4. The quantitative estimate of drug-likeness (QED) is 0.0583. The summed E-state index contributed by atoms with van der Waals surface area (Å²) in [6, 6.07) is 0. The summed E-state index contributed by atoms with van der Waals surface area (Å²) in [5, 5.41) is 102. The van der Waals surface area contributed by atoms with E-state index in [0.717, 1.165) is 0 Å². The number of aliphatic hydroxyl groups is 11. The van der Waals surface area contributed by atoms with Gasteiger partial charge in [-0.05, 0) is 32.1 Å². The largest absolute Gasteiger partial charge is 0.481 e. The number of carboxylic acids is 1. The number of aliphatic carboxylic acids is 1. The Morgan fingerprint density at radius 3 is 1.96 bits per heavy atom. The molecule has 0 spiro atoms. The monoisotopic (exact) mass is 697 g/mol. The lowest BCUT2D eigenvalue weighted by Crippen LogP contribution is -2.63. The van der Waals surface area contributed by atoms with Gasteiger partial charge >= 0.3 is 11.9 Å². The minimum atomic E-state index is -1.76. The van der Waals surface area contributed by atoms with Gasteiger partial charge in [0.05, 0.1) is 30.8 Å². The number of esters is 1. The van der Waals surface area contributed by atoms with Gasteiger partial charge in [-0.3, -0.25) is 9.59 Å². The molecule has 2 aliphatic carbocycles. The van der Waals surface area contributed by atoms with E-state index in [9.17, 15) is 55.5 Å². The lowest BCUT2D eigenvalue weighted by Gasteiger charge is -2.49. The first-order valence-electron chi connectivity index (χ1n) is 16.5. The minimum absolute atomic E-state index is 0.0627. The Hall–Kier alpha value is -1.62. The van der Waals surface area contributed by atoms with E-state index in [4.69, 9.17) is 33.5 Å². The van der Waals surface area contributed by atoms with Crippen molar-refractivity contribution in [2.75, 3.05) is 13.2 Å². The second kappa shape index (κ2) is 16.2. The molecule has 0 aromatic rings. The van der Waals surface area contributed by atoms with Crippen LogP contribution in [0.15, 0.2) is 0 Å². The summed E-state index contributed by atoms with van der Waals surface area (Å²) in [5.41, 5.74) is 0. The molecular formula is C30H49O18+. The Morgan fingerprint density at radius 2 is 1.33 bits per heavy atom. The zero-order chi connectivity index (χ0) is 34.9. The number of hydrogen-bond donors (Lipinski definition) is 10. The van der Waals surface area contributed by atoms with E-state index >= 15 is 0 Å². The van der Waals surface area contributed by atoms with E-state index in [-0.39, 0.29) is 18.8 Å². The molecule has 2 saturated carbocycles. The van der Waals surface area contributed by atoms with Gasteiger partial charge in [-0.2, -0.15) is 0 Å². The van der Waals surface area contributed by atoms with Gasteiger partial charge in [0.25, 0.3) is 0 Å². The van der Waals surface area contributed by atoms with Gasteiger partial charge in [0, 0.05) is 18.8 Å². The van der Waals surface area contributed by atoms with Gasteiger partial charge in [-0.1, -0.05) is 0 Å². The van der Waals surface area contributed by atoms with Crippen molar-refractivity contribution in [3.05, 3.63) is 0 Å². The number of fused-ring (bicyclic) bond motifs is 1. The number of rotatable bonds is 10. The molecule has 276 valence electrons. The van der Waals surface area contributed by atoms with Gasteiger partial charge in [-0.15, -0.1) is 0 Å². The summed E-state index contributed by atoms with van der Waals surface area (Å²) < 4.78 is 33.4. The molecule has 0 amide bonds. The Kier molecular flexibility index (Phi) is 12.7. The highest BCUT2D eigenvalue weighted by Gasteiger charge is 2.55. The van der Waals surface area contributed by atoms with Crippen molar-refractivity contribution in [2.24, 2.45) is 11.8 Å². The van der Waals surface area contributed by atoms with Gasteiger partial charge in [-0.25, -0.2) is 0 Å². The topological polar surface area (TPSA) is 295 Å². The van der Waals surface area contributed by atoms with Crippen LogP contribution in [0.1, 0.15) is 51.4 Å². The summed E-state index contributed by atoms with van der Waals surface area (Å²) in [7, 11) is 0. The Morgan fingerprint density at radius 1 is 0.729 bits per heavy atom. The number of carbonyl (C=O) groups excluding carboxylic acids is 1. The molecule has 18 nitrogen and oxygen atoms in total. The van der Waals surface area contributed by atoms with E-state index in [1.165, 1.54) is 0 Å². The Labute approximate surface area is 275 Å². The van der Waals surface area contributed by atoms with Crippen LogP contribution in [0, 0.1) is 11.8 Å². The molecule has 18 heteroatoms. The van der Waals surface area contributed by atoms with Crippen molar-refractivity contribution in [1.82, 2.24) is 0 Å². The van der Waals surface area contributed by atoms with Crippen LogP contribution in [0.5, 0.6) is 0 Å².